The summed E-state index contributed by atoms with van der Waals surface area (Å²) in [7, 11) is 1.66. The van der Waals surface area contributed by atoms with Crippen molar-refractivity contribution in [2.75, 3.05) is 12.8 Å². The van der Waals surface area contributed by atoms with E-state index in [1.165, 1.54) is 11.3 Å². The van der Waals surface area contributed by atoms with Crippen LogP contribution in [0.5, 0.6) is 0 Å². The van der Waals surface area contributed by atoms with E-state index in [9.17, 15) is 0 Å². The maximum absolute atomic E-state index is 6.40. The Bertz CT molecular complexity index is 1090. The van der Waals surface area contributed by atoms with Crippen molar-refractivity contribution in [1.82, 2.24) is 15.1 Å². The molecule has 0 unspecified atom stereocenters. The zero-order valence-electron chi connectivity index (χ0n) is 14.1. The summed E-state index contributed by atoms with van der Waals surface area (Å²) in [5.41, 5.74) is 9.78. The van der Waals surface area contributed by atoms with E-state index >= 15 is 0 Å². The Morgan fingerprint density at radius 1 is 1.23 bits per heavy atom. The Balaban J connectivity index is 1.81. The van der Waals surface area contributed by atoms with Gasteiger partial charge in [-0.15, -0.1) is 11.3 Å². The average molecular weight is 431 g/mol. The van der Waals surface area contributed by atoms with Crippen LogP contribution in [-0.4, -0.2) is 22.2 Å². The maximum atomic E-state index is 6.40. The molecule has 3 heterocycles. The minimum atomic E-state index is 0.393. The minimum Gasteiger partial charge on any atom is -0.397 e. The molecule has 26 heavy (non-hydrogen) atoms. The average Bonchev–Trinajstić information content (AvgIpc) is 3.21. The van der Waals surface area contributed by atoms with Gasteiger partial charge in [0.15, 0.2) is 0 Å². The van der Waals surface area contributed by atoms with E-state index in [1.807, 2.05) is 37.3 Å². The SMILES string of the molecule is COCc1cc(C)nc2sc(-c3nc(-c4ccc(Br)cc4)no3)c(N)c12. The molecular formula is C18H15BrN4O2S. The fraction of sp³-hybridized carbons (Fsp3) is 0.167. The number of ether oxygens (including phenoxy) is 1. The summed E-state index contributed by atoms with van der Waals surface area (Å²) in [5, 5.41) is 4.97. The van der Waals surface area contributed by atoms with Gasteiger partial charge in [0.25, 0.3) is 5.89 Å². The van der Waals surface area contributed by atoms with E-state index in [-0.39, 0.29) is 0 Å². The van der Waals surface area contributed by atoms with Gasteiger partial charge in [0.1, 0.15) is 9.71 Å². The molecule has 3 aromatic heterocycles. The molecule has 0 bridgehead atoms. The van der Waals surface area contributed by atoms with E-state index in [1.54, 1.807) is 7.11 Å². The number of methoxy groups -OCH3 is 1. The van der Waals surface area contributed by atoms with E-state index in [0.29, 0.717) is 24.0 Å². The maximum Gasteiger partial charge on any atom is 0.270 e. The molecule has 0 atom stereocenters. The first-order chi connectivity index (χ1) is 12.6. The van der Waals surface area contributed by atoms with Crippen molar-refractivity contribution in [3.63, 3.8) is 0 Å². The molecule has 132 valence electrons. The molecule has 0 aliphatic rings. The van der Waals surface area contributed by atoms with E-state index in [2.05, 4.69) is 31.1 Å². The third-order valence-electron chi connectivity index (χ3n) is 3.93. The number of rotatable bonds is 4. The highest BCUT2D eigenvalue weighted by atomic mass is 79.9. The van der Waals surface area contributed by atoms with Crippen LogP contribution in [-0.2, 0) is 11.3 Å². The third kappa shape index (κ3) is 3.00. The summed E-state index contributed by atoms with van der Waals surface area (Å²) in [5.74, 6) is 0.912. The van der Waals surface area contributed by atoms with Crippen LogP contribution in [0.4, 0.5) is 5.69 Å². The smallest absolute Gasteiger partial charge is 0.270 e. The molecule has 8 heteroatoms. The molecule has 4 rings (SSSR count). The fourth-order valence-corrected chi connectivity index (χ4v) is 4.17. The van der Waals surface area contributed by atoms with Gasteiger partial charge in [-0.3, -0.25) is 0 Å². The molecule has 0 radical (unpaired) electrons. The second kappa shape index (κ2) is 6.79. The number of nitrogen functional groups attached to an aromatic ring is 1. The van der Waals surface area contributed by atoms with Crippen molar-refractivity contribution in [1.29, 1.82) is 0 Å². The minimum absolute atomic E-state index is 0.393. The molecule has 0 aliphatic heterocycles. The van der Waals surface area contributed by atoms with Crippen LogP contribution in [0.15, 0.2) is 39.3 Å². The molecule has 0 saturated carbocycles. The van der Waals surface area contributed by atoms with Gasteiger partial charge in [-0.1, -0.05) is 21.1 Å². The van der Waals surface area contributed by atoms with Crippen molar-refractivity contribution < 1.29 is 9.26 Å². The Morgan fingerprint density at radius 2 is 2.00 bits per heavy atom. The van der Waals surface area contributed by atoms with Gasteiger partial charge in [0, 0.05) is 28.2 Å². The Morgan fingerprint density at radius 3 is 2.73 bits per heavy atom. The van der Waals surface area contributed by atoms with Crippen LogP contribution < -0.4 is 5.73 Å². The molecule has 6 nitrogen and oxygen atoms in total. The lowest BCUT2D eigenvalue weighted by atomic mass is 10.1. The second-order valence-electron chi connectivity index (χ2n) is 5.81. The van der Waals surface area contributed by atoms with Crippen molar-refractivity contribution in [3.05, 3.63) is 46.1 Å². The second-order valence-corrected chi connectivity index (χ2v) is 7.73. The van der Waals surface area contributed by atoms with Crippen LogP contribution in [0.1, 0.15) is 11.3 Å². The normalized spacial score (nSPS) is 11.3. The number of halogens is 1. The van der Waals surface area contributed by atoms with E-state index in [0.717, 1.165) is 36.4 Å². The number of benzene rings is 1. The summed E-state index contributed by atoms with van der Waals surface area (Å²) >= 11 is 4.86. The molecule has 0 saturated heterocycles. The van der Waals surface area contributed by atoms with Gasteiger partial charge < -0.3 is 15.0 Å². The standard InChI is InChI=1S/C18H15BrN4O2S/c1-9-7-11(8-24-2)13-14(20)15(26-18(13)21-9)17-22-16(23-25-17)10-3-5-12(19)6-4-10/h3-7H,8,20H2,1-2H3. The zero-order chi connectivity index (χ0) is 18.3. The predicted octanol–water partition coefficient (Wildman–Crippen LogP) is 4.81. The highest BCUT2D eigenvalue weighted by Crippen LogP contribution is 2.41. The molecule has 0 spiro atoms. The van der Waals surface area contributed by atoms with Gasteiger partial charge in [0.2, 0.25) is 5.82 Å². The van der Waals surface area contributed by atoms with Gasteiger partial charge in [-0.25, -0.2) is 4.98 Å². The van der Waals surface area contributed by atoms with Crippen LogP contribution in [0.25, 0.3) is 32.4 Å². The molecule has 0 fully saturated rings. The number of aryl methyl sites for hydroxylation is 1. The third-order valence-corrected chi connectivity index (χ3v) is 5.55. The zero-order valence-corrected chi connectivity index (χ0v) is 16.5. The van der Waals surface area contributed by atoms with Crippen LogP contribution >= 0.6 is 27.3 Å². The van der Waals surface area contributed by atoms with E-state index < -0.39 is 0 Å². The molecular weight excluding hydrogens is 416 g/mol. The lowest BCUT2D eigenvalue weighted by Crippen LogP contribution is -1.95. The lowest BCUT2D eigenvalue weighted by Gasteiger charge is -2.04. The van der Waals surface area contributed by atoms with Gasteiger partial charge in [0.05, 0.1) is 12.3 Å². The number of hydrogen-bond acceptors (Lipinski definition) is 7. The lowest BCUT2D eigenvalue weighted by molar-refractivity contribution is 0.186. The first-order valence-corrected chi connectivity index (χ1v) is 9.45. The molecule has 0 amide bonds. The number of thiophene rings is 1. The molecule has 2 N–H and O–H groups in total. The van der Waals surface area contributed by atoms with Crippen LogP contribution in [0.2, 0.25) is 0 Å². The van der Waals surface area contributed by atoms with Crippen LogP contribution in [0.3, 0.4) is 0 Å². The molecule has 4 aromatic rings. The molecule has 0 aliphatic carbocycles. The Labute approximate surface area is 162 Å². The molecule has 1 aromatic carbocycles. The first kappa shape index (κ1) is 17.1. The number of aromatic nitrogens is 3. The topological polar surface area (TPSA) is 87.1 Å². The number of pyridine rings is 1. The summed E-state index contributed by atoms with van der Waals surface area (Å²) in [6.45, 7) is 2.42. The Kier molecular flexibility index (Phi) is 4.47. The first-order valence-electron chi connectivity index (χ1n) is 7.84. The van der Waals surface area contributed by atoms with E-state index in [4.69, 9.17) is 15.0 Å². The fourth-order valence-electron chi connectivity index (χ4n) is 2.80. The highest BCUT2D eigenvalue weighted by Gasteiger charge is 2.21. The van der Waals surface area contributed by atoms with Gasteiger partial charge >= 0.3 is 0 Å². The summed E-state index contributed by atoms with van der Waals surface area (Å²) in [6.07, 6.45) is 0. The van der Waals surface area contributed by atoms with Crippen molar-refractivity contribution in [2.24, 2.45) is 0 Å². The number of anilines is 1. The Hall–Kier alpha value is -2.29. The summed E-state index contributed by atoms with van der Waals surface area (Å²) in [4.78, 5) is 10.7. The number of nitrogens with zero attached hydrogens (tertiary/aromatic N) is 3. The largest absolute Gasteiger partial charge is 0.397 e. The van der Waals surface area contributed by atoms with Crippen molar-refractivity contribution in [3.8, 4) is 22.2 Å². The predicted molar refractivity (Wildman–Crippen MR) is 106 cm³/mol. The summed E-state index contributed by atoms with van der Waals surface area (Å²) < 4.78 is 11.8. The highest BCUT2D eigenvalue weighted by molar-refractivity contribution is 9.10. The van der Waals surface area contributed by atoms with Gasteiger partial charge in [-0.2, -0.15) is 4.98 Å². The van der Waals surface area contributed by atoms with Gasteiger partial charge in [-0.05, 0) is 42.8 Å². The summed E-state index contributed by atoms with van der Waals surface area (Å²) in [6, 6.07) is 9.70. The quantitative estimate of drug-likeness (QED) is 0.499. The number of hydrogen-bond donors (Lipinski definition) is 1. The van der Waals surface area contributed by atoms with Crippen molar-refractivity contribution in [2.45, 2.75) is 13.5 Å². The monoisotopic (exact) mass is 430 g/mol. The van der Waals surface area contributed by atoms with Crippen molar-refractivity contribution >= 4 is 43.2 Å². The van der Waals surface area contributed by atoms with Crippen LogP contribution in [0, 0.1) is 6.92 Å². The number of fused-ring (bicyclic) bond motifs is 1. The number of nitrogens with two attached hydrogens (primary N) is 1.